The van der Waals surface area contributed by atoms with Gasteiger partial charge in [-0.15, -0.1) is 0 Å². The summed E-state index contributed by atoms with van der Waals surface area (Å²) in [6, 6.07) is 20.0. The lowest BCUT2D eigenvalue weighted by atomic mass is 9.66. The van der Waals surface area contributed by atoms with E-state index in [2.05, 4.69) is 31.2 Å². The Morgan fingerprint density at radius 3 is 2.32 bits per heavy atom. The van der Waals surface area contributed by atoms with E-state index >= 15 is 0 Å². The molecule has 3 aromatic carbocycles. The van der Waals surface area contributed by atoms with Gasteiger partial charge in [-0.2, -0.15) is 0 Å². The highest BCUT2D eigenvalue weighted by molar-refractivity contribution is 6.01. The van der Waals surface area contributed by atoms with E-state index in [1.165, 1.54) is 11.1 Å². The van der Waals surface area contributed by atoms with Crippen molar-refractivity contribution in [2.75, 3.05) is 20.8 Å². The molecule has 31 heavy (non-hydrogen) atoms. The fourth-order valence-electron chi connectivity index (χ4n) is 5.15. The molecule has 0 fully saturated rings. The number of Topliss-reactive ketones (excluding diaryl/α,β-unsaturated/α-hetero) is 1. The summed E-state index contributed by atoms with van der Waals surface area (Å²) in [5, 5.41) is 0. The molecule has 0 N–H and O–H groups in total. The predicted molar refractivity (Wildman–Crippen MR) is 120 cm³/mol. The topological polar surface area (TPSA) is 44.8 Å². The minimum Gasteiger partial charge on any atom is -0.493 e. The molecule has 1 aliphatic carbocycles. The van der Waals surface area contributed by atoms with Crippen molar-refractivity contribution < 1.29 is 19.0 Å². The zero-order valence-electron chi connectivity index (χ0n) is 18.1. The van der Waals surface area contributed by atoms with E-state index in [1.807, 2.05) is 36.4 Å². The van der Waals surface area contributed by atoms with Gasteiger partial charge >= 0.3 is 0 Å². The summed E-state index contributed by atoms with van der Waals surface area (Å²) in [5.41, 5.74) is 5.21. The maximum absolute atomic E-state index is 13.7. The van der Waals surface area contributed by atoms with E-state index in [-0.39, 0.29) is 23.5 Å². The highest BCUT2D eigenvalue weighted by atomic mass is 16.5. The van der Waals surface area contributed by atoms with E-state index < -0.39 is 0 Å². The Kier molecular flexibility index (Phi) is 4.93. The minimum absolute atomic E-state index is 0.0796. The molecule has 2 bridgehead atoms. The molecule has 4 nitrogen and oxygen atoms in total. The highest BCUT2D eigenvalue weighted by Gasteiger charge is 2.43. The molecular formula is C27H26O4. The van der Waals surface area contributed by atoms with Gasteiger partial charge in [0.2, 0.25) is 0 Å². The van der Waals surface area contributed by atoms with Gasteiger partial charge in [0.05, 0.1) is 26.7 Å². The molecule has 2 aliphatic rings. The molecular weight excluding hydrogens is 388 g/mol. The Balaban J connectivity index is 1.72. The predicted octanol–water partition coefficient (Wildman–Crippen LogP) is 5.52. The van der Waals surface area contributed by atoms with Crippen molar-refractivity contribution in [1.29, 1.82) is 0 Å². The van der Waals surface area contributed by atoms with Crippen molar-refractivity contribution in [3.05, 3.63) is 88.5 Å². The Morgan fingerprint density at radius 1 is 0.903 bits per heavy atom. The number of ketones is 1. The van der Waals surface area contributed by atoms with Crippen LogP contribution in [-0.4, -0.2) is 26.6 Å². The molecule has 5 rings (SSSR count). The second kappa shape index (κ2) is 7.77. The number of benzene rings is 3. The zero-order chi connectivity index (χ0) is 21.5. The van der Waals surface area contributed by atoms with Gasteiger partial charge < -0.3 is 14.2 Å². The fraction of sp³-hybridized carbons (Fsp3) is 0.296. The number of carbonyl (C=O) groups excluding carboxylic acids is 1. The number of aryl methyl sites for hydroxylation is 1. The van der Waals surface area contributed by atoms with Crippen molar-refractivity contribution in [3.8, 4) is 17.2 Å². The maximum Gasteiger partial charge on any atom is 0.170 e. The van der Waals surface area contributed by atoms with Crippen LogP contribution in [0.2, 0.25) is 0 Å². The van der Waals surface area contributed by atoms with Crippen molar-refractivity contribution in [2.24, 2.45) is 5.92 Å². The fourth-order valence-corrected chi connectivity index (χ4v) is 5.15. The third kappa shape index (κ3) is 3.27. The summed E-state index contributed by atoms with van der Waals surface area (Å²) in [4.78, 5) is 13.7. The van der Waals surface area contributed by atoms with Gasteiger partial charge in [0, 0.05) is 23.0 Å². The van der Waals surface area contributed by atoms with Gasteiger partial charge in [-0.05, 0) is 48.2 Å². The summed E-state index contributed by atoms with van der Waals surface area (Å²) < 4.78 is 17.5. The summed E-state index contributed by atoms with van der Waals surface area (Å²) in [7, 11) is 3.28. The first-order valence-electron chi connectivity index (χ1n) is 10.7. The molecule has 0 amide bonds. The summed E-state index contributed by atoms with van der Waals surface area (Å²) in [6.07, 6.45) is 0.863. The van der Waals surface area contributed by atoms with Crippen LogP contribution in [0.3, 0.4) is 0 Å². The average Bonchev–Trinajstić information content (AvgIpc) is 2.96. The van der Waals surface area contributed by atoms with Gasteiger partial charge in [-0.25, -0.2) is 0 Å². The monoisotopic (exact) mass is 414 g/mol. The lowest BCUT2D eigenvalue weighted by molar-refractivity contribution is 0.0891. The second-order valence-corrected chi connectivity index (χ2v) is 8.44. The number of fused-ring (bicyclic) bond motifs is 6. The SMILES string of the molecule is COc1cc2c(cc1OC)[C@@H](C(=O)c1ccccc1)[C@@H]1COc3cc(C)ccc3[C@H]2C1. The number of methoxy groups -OCH3 is 2. The molecule has 4 heteroatoms. The van der Waals surface area contributed by atoms with Crippen LogP contribution in [0.5, 0.6) is 17.2 Å². The molecule has 0 unspecified atom stereocenters. The van der Waals surface area contributed by atoms with Crippen LogP contribution in [-0.2, 0) is 0 Å². The third-order valence-electron chi connectivity index (χ3n) is 6.65. The molecule has 158 valence electrons. The average molecular weight is 415 g/mol. The lowest BCUT2D eigenvalue weighted by Crippen LogP contribution is -2.32. The van der Waals surface area contributed by atoms with E-state index in [0.29, 0.717) is 18.1 Å². The van der Waals surface area contributed by atoms with Crippen molar-refractivity contribution in [1.82, 2.24) is 0 Å². The minimum atomic E-state index is -0.288. The standard InChI is InChI=1S/C27H26O4/c1-16-9-10-19-20-12-18(15-31-23(19)11-16)26(27(28)17-7-5-4-6-8-17)22-14-25(30-3)24(29-2)13-21(20)22/h4-11,13-14,18,20,26H,12,15H2,1-3H3/t18-,20+,26-/m0/s1. The summed E-state index contributed by atoms with van der Waals surface area (Å²) >= 11 is 0. The van der Waals surface area contributed by atoms with Crippen LogP contribution >= 0.6 is 0 Å². The smallest absolute Gasteiger partial charge is 0.170 e. The van der Waals surface area contributed by atoms with Crippen molar-refractivity contribution >= 4 is 5.78 Å². The number of carbonyl (C=O) groups is 1. The summed E-state index contributed by atoms with van der Waals surface area (Å²) in [5.74, 6) is 2.32. The van der Waals surface area contributed by atoms with Gasteiger partial charge in [-0.3, -0.25) is 4.79 Å². The van der Waals surface area contributed by atoms with Crippen LogP contribution in [0.1, 0.15) is 50.9 Å². The Bertz CT molecular complexity index is 1140. The van der Waals surface area contributed by atoms with E-state index in [9.17, 15) is 4.79 Å². The largest absolute Gasteiger partial charge is 0.493 e. The number of hydrogen-bond acceptors (Lipinski definition) is 4. The van der Waals surface area contributed by atoms with E-state index in [4.69, 9.17) is 14.2 Å². The maximum atomic E-state index is 13.7. The second-order valence-electron chi connectivity index (χ2n) is 8.44. The van der Waals surface area contributed by atoms with E-state index in [1.54, 1.807) is 14.2 Å². The van der Waals surface area contributed by atoms with Crippen LogP contribution in [0.15, 0.2) is 60.7 Å². The van der Waals surface area contributed by atoms with E-state index in [0.717, 1.165) is 28.9 Å². The molecule has 3 atom stereocenters. The molecule has 1 aliphatic heterocycles. The highest BCUT2D eigenvalue weighted by Crippen LogP contribution is 2.53. The molecule has 0 aromatic heterocycles. The van der Waals surface area contributed by atoms with Crippen LogP contribution in [0.25, 0.3) is 0 Å². The Hall–Kier alpha value is -3.27. The van der Waals surface area contributed by atoms with Crippen LogP contribution < -0.4 is 14.2 Å². The third-order valence-corrected chi connectivity index (χ3v) is 6.65. The number of rotatable bonds is 4. The molecule has 1 heterocycles. The van der Waals surface area contributed by atoms with Crippen molar-refractivity contribution in [2.45, 2.75) is 25.2 Å². The van der Waals surface area contributed by atoms with Crippen LogP contribution in [0, 0.1) is 12.8 Å². The first-order valence-corrected chi connectivity index (χ1v) is 10.7. The first kappa shape index (κ1) is 19.7. The molecule has 0 saturated heterocycles. The molecule has 0 saturated carbocycles. The quantitative estimate of drug-likeness (QED) is 0.527. The lowest BCUT2D eigenvalue weighted by Gasteiger charge is -2.36. The summed E-state index contributed by atoms with van der Waals surface area (Å²) in [6.45, 7) is 2.59. The van der Waals surface area contributed by atoms with Gasteiger partial charge in [0.1, 0.15) is 5.75 Å². The van der Waals surface area contributed by atoms with Crippen LogP contribution in [0.4, 0.5) is 0 Å². The first-order chi connectivity index (χ1) is 15.1. The van der Waals surface area contributed by atoms with Gasteiger partial charge in [-0.1, -0.05) is 42.5 Å². The molecule has 0 spiro atoms. The Morgan fingerprint density at radius 2 is 1.61 bits per heavy atom. The Labute approximate surface area is 182 Å². The van der Waals surface area contributed by atoms with Gasteiger partial charge in [0.25, 0.3) is 0 Å². The zero-order valence-corrected chi connectivity index (χ0v) is 18.1. The number of hydrogen-bond donors (Lipinski definition) is 0. The van der Waals surface area contributed by atoms with Gasteiger partial charge in [0.15, 0.2) is 17.3 Å². The normalized spacial score (nSPS) is 21.2. The molecule has 0 radical (unpaired) electrons. The molecule has 3 aromatic rings. The number of ether oxygens (including phenoxy) is 3. The van der Waals surface area contributed by atoms with Crippen molar-refractivity contribution in [3.63, 3.8) is 0 Å².